The number of aliphatic hydroxyl groups is 1. The van der Waals surface area contributed by atoms with Gasteiger partial charge in [-0.3, -0.25) is 0 Å². The highest BCUT2D eigenvalue weighted by atomic mass is 16.3. The quantitative estimate of drug-likeness (QED) is 0.695. The van der Waals surface area contributed by atoms with Crippen molar-refractivity contribution < 1.29 is 5.11 Å². The van der Waals surface area contributed by atoms with Crippen LogP contribution in [0.5, 0.6) is 0 Å². The molecule has 2 heteroatoms. The molecule has 0 heterocycles. The lowest BCUT2D eigenvalue weighted by atomic mass is 10.0. The Morgan fingerprint density at radius 2 is 1.85 bits per heavy atom. The van der Waals surface area contributed by atoms with Gasteiger partial charge in [0, 0.05) is 12.6 Å². The van der Waals surface area contributed by atoms with Crippen molar-refractivity contribution in [1.29, 1.82) is 0 Å². The van der Waals surface area contributed by atoms with Crippen LogP contribution < -0.4 is 5.32 Å². The summed E-state index contributed by atoms with van der Waals surface area (Å²) < 4.78 is 0. The molecule has 2 N–H and O–H groups in total. The Balaban J connectivity index is 1.70. The van der Waals surface area contributed by atoms with E-state index in [2.05, 4.69) is 5.32 Å². The molecule has 0 aromatic heterocycles. The molecule has 13 heavy (non-hydrogen) atoms. The third-order valence-corrected chi connectivity index (χ3v) is 3.56. The van der Waals surface area contributed by atoms with Crippen molar-refractivity contribution in [3.05, 3.63) is 0 Å². The van der Waals surface area contributed by atoms with E-state index >= 15 is 0 Å². The van der Waals surface area contributed by atoms with E-state index in [1.54, 1.807) is 0 Å². The molecular formula is C11H21NO. The lowest BCUT2D eigenvalue weighted by molar-refractivity contribution is 0.0344. The highest BCUT2D eigenvalue weighted by Crippen LogP contribution is 2.39. The molecule has 76 valence electrons. The summed E-state index contributed by atoms with van der Waals surface area (Å²) in [4.78, 5) is 0. The number of hydrogen-bond acceptors (Lipinski definition) is 2. The monoisotopic (exact) mass is 183 g/mol. The predicted octanol–water partition coefficient (Wildman–Crippen LogP) is 1.68. The zero-order valence-electron chi connectivity index (χ0n) is 8.55. The maximum absolute atomic E-state index is 10.1. The van der Waals surface area contributed by atoms with Gasteiger partial charge in [-0.25, -0.2) is 0 Å². The average Bonchev–Trinajstić information content (AvgIpc) is 2.82. The van der Waals surface area contributed by atoms with E-state index in [1.165, 1.54) is 38.5 Å². The van der Waals surface area contributed by atoms with E-state index in [4.69, 9.17) is 0 Å². The van der Waals surface area contributed by atoms with E-state index in [0.29, 0.717) is 12.0 Å². The van der Waals surface area contributed by atoms with E-state index in [9.17, 15) is 5.11 Å². The summed E-state index contributed by atoms with van der Waals surface area (Å²) in [5.41, 5.74) is -0.442. The third kappa shape index (κ3) is 2.44. The molecule has 0 spiro atoms. The first-order chi connectivity index (χ1) is 6.18. The Morgan fingerprint density at radius 1 is 1.23 bits per heavy atom. The van der Waals surface area contributed by atoms with Crippen LogP contribution in [-0.4, -0.2) is 23.3 Å². The lowest BCUT2D eigenvalue weighted by Crippen LogP contribution is -2.43. The van der Waals surface area contributed by atoms with Gasteiger partial charge in [0.1, 0.15) is 0 Å². The van der Waals surface area contributed by atoms with Gasteiger partial charge in [-0.05, 0) is 38.5 Å². The maximum Gasteiger partial charge on any atom is 0.0771 e. The maximum atomic E-state index is 10.1. The highest BCUT2D eigenvalue weighted by molar-refractivity contribution is 4.93. The standard InChI is InChI=1S/C11H21NO/c1-11(13,9-6-7-9)8-12-10-4-2-3-5-10/h9-10,12-13H,2-8H2,1H3. The fraction of sp³-hybridized carbons (Fsp3) is 1.00. The molecule has 2 aliphatic rings. The molecule has 0 radical (unpaired) electrons. The first-order valence-electron chi connectivity index (χ1n) is 5.64. The van der Waals surface area contributed by atoms with Gasteiger partial charge in [-0.2, -0.15) is 0 Å². The minimum Gasteiger partial charge on any atom is -0.389 e. The van der Waals surface area contributed by atoms with Gasteiger partial charge >= 0.3 is 0 Å². The van der Waals surface area contributed by atoms with Crippen LogP contribution in [0.3, 0.4) is 0 Å². The molecule has 2 rings (SSSR count). The van der Waals surface area contributed by atoms with Crippen LogP contribution in [0.25, 0.3) is 0 Å². The number of hydrogen-bond donors (Lipinski definition) is 2. The lowest BCUT2D eigenvalue weighted by Gasteiger charge is -2.25. The summed E-state index contributed by atoms with van der Waals surface area (Å²) in [5, 5.41) is 13.5. The minimum atomic E-state index is -0.442. The Bertz CT molecular complexity index is 169. The van der Waals surface area contributed by atoms with Gasteiger partial charge in [-0.15, -0.1) is 0 Å². The van der Waals surface area contributed by atoms with Crippen LogP contribution in [0.4, 0.5) is 0 Å². The van der Waals surface area contributed by atoms with Crippen molar-refractivity contribution in [2.75, 3.05) is 6.54 Å². The number of nitrogens with one attached hydrogen (secondary N) is 1. The first-order valence-corrected chi connectivity index (χ1v) is 5.64. The fourth-order valence-electron chi connectivity index (χ4n) is 2.33. The van der Waals surface area contributed by atoms with Crippen LogP contribution in [0, 0.1) is 5.92 Å². The van der Waals surface area contributed by atoms with Gasteiger partial charge in [0.25, 0.3) is 0 Å². The second-order valence-electron chi connectivity index (χ2n) is 4.99. The zero-order valence-corrected chi connectivity index (χ0v) is 8.55. The topological polar surface area (TPSA) is 32.3 Å². The van der Waals surface area contributed by atoms with Crippen molar-refractivity contribution in [1.82, 2.24) is 5.32 Å². The third-order valence-electron chi connectivity index (χ3n) is 3.56. The Kier molecular flexibility index (Phi) is 2.61. The van der Waals surface area contributed by atoms with Crippen LogP contribution in [0.15, 0.2) is 0 Å². The Labute approximate surface area is 80.7 Å². The largest absolute Gasteiger partial charge is 0.389 e. The fourth-order valence-corrected chi connectivity index (χ4v) is 2.33. The molecule has 0 amide bonds. The summed E-state index contributed by atoms with van der Waals surface area (Å²) >= 11 is 0. The van der Waals surface area contributed by atoms with E-state index < -0.39 is 5.60 Å². The van der Waals surface area contributed by atoms with Gasteiger partial charge < -0.3 is 10.4 Å². The number of rotatable bonds is 4. The molecule has 0 bridgehead atoms. The molecule has 2 fully saturated rings. The van der Waals surface area contributed by atoms with E-state index in [1.807, 2.05) is 6.92 Å². The molecule has 0 aliphatic heterocycles. The Hall–Kier alpha value is -0.0800. The van der Waals surface area contributed by atoms with E-state index in [0.717, 1.165) is 6.54 Å². The van der Waals surface area contributed by atoms with Gasteiger partial charge in [0.05, 0.1) is 5.60 Å². The predicted molar refractivity (Wildman–Crippen MR) is 53.6 cm³/mol. The summed E-state index contributed by atoms with van der Waals surface area (Å²) in [6.45, 7) is 2.77. The second kappa shape index (κ2) is 3.58. The molecule has 1 atom stereocenters. The molecule has 2 aliphatic carbocycles. The Morgan fingerprint density at radius 3 is 2.38 bits per heavy atom. The van der Waals surface area contributed by atoms with Crippen LogP contribution >= 0.6 is 0 Å². The molecule has 1 unspecified atom stereocenters. The van der Waals surface area contributed by atoms with Crippen molar-refractivity contribution in [3.8, 4) is 0 Å². The van der Waals surface area contributed by atoms with Gasteiger partial charge in [0.2, 0.25) is 0 Å². The highest BCUT2D eigenvalue weighted by Gasteiger charge is 2.39. The van der Waals surface area contributed by atoms with Crippen molar-refractivity contribution >= 4 is 0 Å². The molecule has 2 saturated carbocycles. The van der Waals surface area contributed by atoms with E-state index in [-0.39, 0.29) is 0 Å². The summed E-state index contributed by atoms with van der Waals surface area (Å²) in [6.07, 6.45) is 7.78. The summed E-state index contributed by atoms with van der Waals surface area (Å²) in [5.74, 6) is 0.571. The van der Waals surface area contributed by atoms with Crippen molar-refractivity contribution in [2.24, 2.45) is 5.92 Å². The molecular weight excluding hydrogens is 162 g/mol. The minimum absolute atomic E-state index is 0.442. The van der Waals surface area contributed by atoms with Crippen LogP contribution in [0.1, 0.15) is 45.4 Å². The van der Waals surface area contributed by atoms with Crippen LogP contribution in [0.2, 0.25) is 0 Å². The summed E-state index contributed by atoms with van der Waals surface area (Å²) in [6, 6.07) is 0.685. The normalized spacial score (nSPS) is 29.1. The van der Waals surface area contributed by atoms with Crippen LogP contribution in [-0.2, 0) is 0 Å². The molecule has 0 aromatic rings. The smallest absolute Gasteiger partial charge is 0.0771 e. The zero-order chi connectivity index (χ0) is 9.31. The molecule has 0 aromatic carbocycles. The second-order valence-corrected chi connectivity index (χ2v) is 4.99. The average molecular weight is 183 g/mol. The van der Waals surface area contributed by atoms with Crippen molar-refractivity contribution in [2.45, 2.75) is 57.1 Å². The molecule has 2 nitrogen and oxygen atoms in total. The first kappa shape index (κ1) is 9.47. The van der Waals surface area contributed by atoms with Gasteiger partial charge in [-0.1, -0.05) is 12.8 Å². The van der Waals surface area contributed by atoms with Crippen molar-refractivity contribution in [3.63, 3.8) is 0 Å². The summed E-state index contributed by atoms with van der Waals surface area (Å²) in [7, 11) is 0. The SMILES string of the molecule is CC(O)(CNC1CCCC1)C1CC1. The molecule has 0 saturated heterocycles. The van der Waals surface area contributed by atoms with Gasteiger partial charge in [0.15, 0.2) is 0 Å².